The van der Waals surface area contributed by atoms with E-state index in [-0.39, 0.29) is 12.4 Å². The van der Waals surface area contributed by atoms with Gasteiger partial charge in [0, 0.05) is 18.7 Å². The van der Waals surface area contributed by atoms with E-state index in [0.717, 1.165) is 30.6 Å². The van der Waals surface area contributed by atoms with E-state index in [4.69, 9.17) is 4.74 Å². The Bertz CT molecular complexity index is 1480. The lowest BCUT2D eigenvalue weighted by Gasteiger charge is -2.08. The fraction of sp³-hybridized carbons (Fsp3) is 0.375. The summed E-state index contributed by atoms with van der Waals surface area (Å²) in [6.07, 6.45) is 2.35. The van der Waals surface area contributed by atoms with E-state index in [0.29, 0.717) is 51.2 Å². The van der Waals surface area contributed by atoms with Gasteiger partial charge in [-0.05, 0) is 44.0 Å². The molecule has 0 aliphatic rings. The topological polar surface area (TPSA) is 112 Å². The van der Waals surface area contributed by atoms with Gasteiger partial charge in [-0.2, -0.15) is 0 Å². The number of unbranched alkanes of at least 4 members (excludes halogenated alkanes) is 1. The van der Waals surface area contributed by atoms with Gasteiger partial charge in [0.25, 0.3) is 5.56 Å². The number of imidazole rings is 1. The van der Waals surface area contributed by atoms with Gasteiger partial charge in [-0.3, -0.25) is 14.3 Å². The Morgan fingerprint density at radius 3 is 2.51 bits per heavy atom. The third kappa shape index (κ3) is 4.95. The van der Waals surface area contributed by atoms with Crippen LogP contribution < -0.4 is 11.2 Å². The molecule has 0 unspecified atom stereocenters. The van der Waals surface area contributed by atoms with Crippen molar-refractivity contribution in [2.75, 3.05) is 0 Å². The van der Waals surface area contributed by atoms with Gasteiger partial charge in [0.1, 0.15) is 28.1 Å². The fourth-order valence-electron chi connectivity index (χ4n) is 3.81. The van der Waals surface area contributed by atoms with E-state index in [2.05, 4.69) is 15.0 Å². The van der Waals surface area contributed by atoms with Crippen molar-refractivity contribution in [2.24, 2.45) is 0 Å². The first-order valence-electron chi connectivity index (χ1n) is 11.5. The zero-order valence-electron chi connectivity index (χ0n) is 19.8. The summed E-state index contributed by atoms with van der Waals surface area (Å²) in [4.78, 5) is 49.6. The number of hydrogen-bond donors (Lipinski definition) is 1. The fourth-order valence-corrected chi connectivity index (χ4v) is 4.78. The second-order valence-electron chi connectivity index (χ2n) is 8.13. The molecule has 0 saturated heterocycles. The Kier molecular flexibility index (Phi) is 7.25. The molecule has 0 atom stereocenters. The highest BCUT2D eigenvalue weighted by Crippen LogP contribution is 2.29. The minimum absolute atomic E-state index is 0.169. The van der Waals surface area contributed by atoms with Crippen LogP contribution in [0, 0.1) is 12.7 Å². The number of ether oxygens (including phenoxy) is 1. The van der Waals surface area contributed by atoms with Crippen LogP contribution in [-0.2, 0) is 24.4 Å². The number of carbonyl (C=O) groups excluding carboxylic acids is 1. The highest BCUT2D eigenvalue weighted by Gasteiger charge is 2.22. The first kappa shape index (κ1) is 24.5. The molecule has 1 N–H and O–H groups in total. The molecule has 0 bridgehead atoms. The standard InChI is InChI=1S/C24H26FN5O4S/c1-4-6-12-30-20-18(21(31)28-24(30)33)29(11-5-2)17(27-20)13-34-23(32)19-14(3)26-22(35-19)15-7-9-16(25)10-8-15/h7-10H,4-6,11-13H2,1-3H3,(H,28,31,33). The Balaban J connectivity index is 1.63. The molecule has 35 heavy (non-hydrogen) atoms. The van der Waals surface area contributed by atoms with Crippen LogP contribution >= 0.6 is 11.3 Å². The molecule has 0 aliphatic carbocycles. The quantitative estimate of drug-likeness (QED) is 0.348. The molecule has 11 heteroatoms. The third-order valence-corrected chi connectivity index (χ3v) is 6.74. The number of H-pyrrole nitrogens is 1. The monoisotopic (exact) mass is 499 g/mol. The van der Waals surface area contributed by atoms with Crippen molar-refractivity contribution in [3.63, 3.8) is 0 Å². The van der Waals surface area contributed by atoms with Gasteiger partial charge in [0.15, 0.2) is 11.2 Å². The molecule has 0 fully saturated rings. The van der Waals surface area contributed by atoms with Gasteiger partial charge < -0.3 is 9.30 Å². The number of esters is 1. The van der Waals surface area contributed by atoms with Crippen molar-refractivity contribution >= 4 is 28.5 Å². The SMILES string of the molecule is CCCCn1c(=O)[nH]c(=O)c2c1nc(COC(=O)c1sc(-c3ccc(F)cc3)nc1C)n2CCC. The number of rotatable bonds is 9. The number of thiazole rings is 1. The Morgan fingerprint density at radius 1 is 1.09 bits per heavy atom. The molecule has 3 aromatic heterocycles. The van der Waals surface area contributed by atoms with E-state index >= 15 is 0 Å². The van der Waals surface area contributed by atoms with Crippen LogP contribution in [0.4, 0.5) is 4.39 Å². The second-order valence-corrected chi connectivity index (χ2v) is 9.13. The summed E-state index contributed by atoms with van der Waals surface area (Å²) >= 11 is 1.16. The van der Waals surface area contributed by atoms with Crippen LogP contribution in [-0.4, -0.2) is 30.1 Å². The minimum atomic E-state index is -0.569. The van der Waals surface area contributed by atoms with Crippen LogP contribution in [0.25, 0.3) is 21.7 Å². The van der Waals surface area contributed by atoms with Gasteiger partial charge >= 0.3 is 11.7 Å². The second kappa shape index (κ2) is 10.3. The zero-order valence-corrected chi connectivity index (χ0v) is 20.6. The molecule has 0 amide bonds. The molecular formula is C24H26FN5O4S. The minimum Gasteiger partial charge on any atom is -0.453 e. The van der Waals surface area contributed by atoms with E-state index in [1.165, 1.54) is 16.7 Å². The molecule has 0 radical (unpaired) electrons. The molecule has 9 nitrogen and oxygen atoms in total. The molecule has 4 aromatic rings. The van der Waals surface area contributed by atoms with Crippen LogP contribution in [0.1, 0.15) is 54.3 Å². The number of hydrogen-bond acceptors (Lipinski definition) is 7. The number of aryl methyl sites for hydroxylation is 3. The van der Waals surface area contributed by atoms with Crippen molar-refractivity contribution in [2.45, 2.75) is 59.7 Å². The number of fused-ring (bicyclic) bond motifs is 1. The van der Waals surface area contributed by atoms with Crippen LogP contribution in [0.5, 0.6) is 0 Å². The van der Waals surface area contributed by atoms with Crippen molar-refractivity contribution in [3.8, 4) is 10.6 Å². The highest BCUT2D eigenvalue weighted by molar-refractivity contribution is 7.17. The average Bonchev–Trinajstić information content (AvgIpc) is 3.39. The molecule has 0 spiro atoms. The predicted molar refractivity (Wildman–Crippen MR) is 131 cm³/mol. The summed E-state index contributed by atoms with van der Waals surface area (Å²) in [7, 11) is 0. The van der Waals surface area contributed by atoms with Crippen molar-refractivity contribution in [1.29, 1.82) is 0 Å². The van der Waals surface area contributed by atoms with Crippen molar-refractivity contribution < 1.29 is 13.9 Å². The van der Waals surface area contributed by atoms with Crippen LogP contribution in [0.15, 0.2) is 33.9 Å². The van der Waals surface area contributed by atoms with E-state index in [1.807, 2.05) is 13.8 Å². The molecule has 3 heterocycles. The molecule has 0 saturated carbocycles. The highest BCUT2D eigenvalue weighted by atomic mass is 32.1. The van der Waals surface area contributed by atoms with Gasteiger partial charge in [-0.15, -0.1) is 11.3 Å². The third-order valence-electron chi connectivity index (χ3n) is 5.55. The summed E-state index contributed by atoms with van der Waals surface area (Å²) in [5.74, 6) is -0.534. The normalized spacial score (nSPS) is 11.3. The Hall–Kier alpha value is -3.60. The van der Waals surface area contributed by atoms with E-state index < -0.39 is 17.2 Å². The van der Waals surface area contributed by atoms with Gasteiger partial charge in [0.05, 0.1) is 5.69 Å². The maximum atomic E-state index is 13.2. The number of aromatic nitrogens is 5. The lowest BCUT2D eigenvalue weighted by molar-refractivity contribution is 0.0463. The lowest BCUT2D eigenvalue weighted by Crippen LogP contribution is -2.31. The number of nitrogens with zero attached hydrogens (tertiary/aromatic N) is 4. The first-order valence-corrected chi connectivity index (χ1v) is 12.3. The zero-order chi connectivity index (χ0) is 25.1. The molecule has 0 aliphatic heterocycles. The predicted octanol–water partition coefficient (Wildman–Crippen LogP) is 4.02. The van der Waals surface area contributed by atoms with E-state index in [1.54, 1.807) is 23.6 Å². The smallest absolute Gasteiger partial charge is 0.350 e. The van der Waals surface area contributed by atoms with Gasteiger partial charge in [-0.1, -0.05) is 20.3 Å². The lowest BCUT2D eigenvalue weighted by atomic mass is 10.2. The molecular weight excluding hydrogens is 473 g/mol. The van der Waals surface area contributed by atoms with Gasteiger partial charge in [0.2, 0.25) is 0 Å². The largest absolute Gasteiger partial charge is 0.453 e. The van der Waals surface area contributed by atoms with Crippen molar-refractivity contribution in [1.82, 2.24) is 24.1 Å². The van der Waals surface area contributed by atoms with Gasteiger partial charge in [-0.25, -0.2) is 23.9 Å². The number of nitrogens with one attached hydrogen (secondary N) is 1. The molecule has 184 valence electrons. The Labute approximate surface area is 204 Å². The summed E-state index contributed by atoms with van der Waals surface area (Å²) in [5.41, 5.74) is 0.770. The number of halogens is 1. The maximum absolute atomic E-state index is 13.2. The Morgan fingerprint density at radius 2 is 1.83 bits per heavy atom. The van der Waals surface area contributed by atoms with Crippen molar-refractivity contribution in [3.05, 3.63) is 67.3 Å². The van der Waals surface area contributed by atoms with Crippen LogP contribution in [0.2, 0.25) is 0 Å². The number of aromatic amines is 1. The summed E-state index contributed by atoms with van der Waals surface area (Å²) in [5, 5.41) is 0.583. The summed E-state index contributed by atoms with van der Waals surface area (Å²) in [6, 6.07) is 5.88. The number of benzene rings is 1. The first-order chi connectivity index (χ1) is 16.8. The maximum Gasteiger partial charge on any atom is 0.350 e. The number of carbonyl (C=O) groups is 1. The molecule has 4 rings (SSSR count). The van der Waals surface area contributed by atoms with E-state index in [9.17, 15) is 18.8 Å². The van der Waals surface area contributed by atoms with Crippen LogP contribution in [0.3, 0.4) is 0 Å². The summed E-state index contributed by atoms with van der Waals surface area (Å²) in [6.45, 7) is 6.42. The average molecular weight is 500 g/mol. The molecule has 1 aromatic carbocycles. The summed E-state index contributed by atoms with van der Waals surface area (Å²) < 4.78 is 22.0.